The largest absolute Gasteiger partial charge is 0.444 e. The van der Waals surface area contributed by atoms with Crippen molar-refractivity contribution in [2.24, 2.45) is 0 Å². The second-order valence-electron chi connectivity index (χ2n) is 6.54. The van der Waals surface area contributed by atoms with Gasteiger partial charge in [-0.1, -0.05) is 23.7 Å². The number of benzene rings is 1. The van der Waals surface area contributed by atoms with Crippen molar-refractivity contribution < 1.29 is 9.53 Å². The van der Waals surface area contributed by atoms with Crippen LogP contribution in [0.25, 0.3) is 0 Å². The van der Waals surface area contributed by atoms with Gasteiger partial charge in [-0.3, -0.25) is 0 Å². The van der Waals surface area contributed by atoms with E-state index in [0.717, 1.165) is 22.7 Å². The molecular weight excluding hydrogens is 288 g/mol. The van der Waals surface area contributed by atoms with Crippen LogP contribution in [0.5, 0.6) is 0 Å². The summed E-state index contributed by atoms with van der Waals surface area (Å²) in [5.74, 6) is 0.158. The summed E-state index contributed by atoms with van der Waals surface area (Å²) in [4.78, 5) is 11.9. The smallest absolute Gasteiger partial charge is 0.407 e. The molecule has 2 N–H and O–H groups in total. The molecule has 1 fully saturated rings. The molecule has 21 heavy (non-hydrogen) atoms. The number of nitrogens with one attached hydrogen (secondary N) is 2. The van der Waals surface area contributed by atoms with E-state index in [0.29, 0.717) is 6.54 Å². The van der Waals surface area contributed by atoms with Crippen LogP contribution in [0.15, 0.2) is 18.2 Å². The van der Waals surface area contributed by atoms with Crippen molar-refractivity contribution in [3.05, 3.63) is 34.3 Å². The Labute approximate surface area is 131 Å². The first kappa shape index (κ1) is 16.1. The van der Waals surface area contributed by atoms with Crippen molar-refractivity contribution in [2.75, 3.05) is 13.1 Å². The van der Waals surface area contributed by atoms with Crippen LogP contribution in [-0.4, -0.2) is 30.8 Å². The quantitative estimate of drug-likeness (QED) is 0.882. The molecule has 0 unspecified atom stereocenters. The lowest BCUT2D eigenvalue weighted by atomic mass is 9.93. The summed E-state index contributed by atoms with van der Waals surface area (Å²) < 4.78 is 5.32. The standard InChI is InChI=1S/C16H23ClN2O2/c1-10-5-6-11(13(17)7-10)12-8-18-9-14(12)19-15(20)21-16(2,3)4/h5-7,12,14,18H,8-9H2,1-4H3,(H,19,20)/t12-,14+/m0/s1. The second kappa shape index (κ2) is 6.24. The SMILES string of the molecule is Cc1ccc([C@@H]2CNC[C@H]2NC(=O)OC(C)(C)C)c(Cl)c1. The van der Waals surface area contributed by atoms with Crippen molar-refractivity contribution in [1.82, 2.24) is 10.6 Å². The molecule has 1 amide bonds. The number of ether oxygens (including phenoxy) is 1. The summed E-state index contributed by atoms with van der Waals surface area (Å²) in [6.45, 7) is 9.09. The van der Waals surface area contributed by atoms with Gasteiger partial charge in [-0.15, -0.1) is 0 Å². The average Bonchev–Trinajstić information content (AvgIpc) is 2.74. The molecule has 0 saturated carbocycles. The number of hydrogen-bond acceptors (Lipinski definition) is 3. The number of halogens is 1. The normalized spacial score (nSPS) is 22.1. The van der Waals surface area contributed by atoms with Gasteiger partial charge in [-0.2, -0.15) is 0 Å². The van der Waals surface area contributed by atoms with Gasteiger partial charge < -0.3 is 15.4 Å². The van der Waals surface area contributed by atoms with Crippen molar-refractivity contribution in [3.63, 3.8) is 0 Å². The third-order valence-corrected chi connectivity index (χ3v) is 3.80. The molecule has 1 aliphatic rings. The van der Waals surface area contributed by atoms with Crippen LogP contribution in [-0.2, 0) is 4.74 Å². The molecule has 5 heteroatoms. The lowest BCUT2D eigenvalue weighted by Crippen LogP contribution is -2.42. The lowest BCUT2D eigenvalue weighted by Gasteiger charge is -2.25. The number of hydrogen-bond donors (Lipinski definition) is 2. The first-order valence-electron chi connectivity index (χ1n) is 7.22. The van der Waals surface area contributed by atoms with Crippen LogP contribution < -0.4 is 10.6 Å². The van der Waals surface area contributed by atoms with Gasteiger partial charge in [0.1, 0.15) is 5.60 Å². The molecule has 1 saturated heterocycles. The van der Waals surface area contributed by atoms with E-state index in [1.54, 1.807) is 0 Å². The fourth-order valence-electron chi connectivity index (χ4n) is 2.55. The molecule has 1 aromatic rings. The van der Waals surface area contributed by atoms with Gasteiger partial charge in [-0.05, 0) is 44.9 Å². The average molecular weight is 311 g/mol. The molecule has 0 aromatic heterocycles. The Morgan fingerprint density at radius 2 is 2.10 bits per heavy atom. The fourth-order valence-corrected chi connectivity index (χ4v) is 2.92. The molecule has 0 aliphatic carbocycles. The van der Waals surface area contributed by atoms with Crippen LogP contribution in [0.1, 0.15) is 37.8 Å². The third-order valence-electron chi connectivity index (χ3n) is 3.47. The van der Waals surface area contributed by atoms with Crippen LogP contribution in [0.2, 0.25) is 5.02 Å². The molecular formula is C16H23ClN2O2. The summed E-state index contributed by atoms with van der Waals surface area (Å²) in [6.07, 6.45) is -0.385. The summed E-state index contributed by atoms with van der Waals surface area (Å²) in [5, 5.41) is 7.00. The number of alkyl carbamates (subject to hydrolysis) is 1. The van der Waals surface area contributed by atoms with Gasteiger partial charge in [0.2, 0.25) is 0 Å². The summed E-state index contributed by atoms with van der Waals surface area (Å²) in [5.41, 5.74) is 1.70. The Balaban J connectivity index is 2.08. The van der Waals surface area contributed by atoms with E-state index in [1.165, 1.54) is 0 Å². The summed E-state index contributed by atoms with van der Waals surface area (Å²) >= 11 is 6.35. The molecule has 0 radical (unpaired) electrons. The zero-order valence-corrected chi connectivity index (χ0v) is 13.8. The maximum absolute atomic E-state index is 11.9. The Morgan fingerprint density at radius 1 is 1.38 bits per heavy atom. The van der Waals surface area contributed by atoms with Gasteiger partial charge in [-0.25, -0.2) is 4.79 Å². The molecule has 2 atom stereocenters. The van der Waals surface area contributed by atoms with Gasteiger partial charge in [0.05, 0.1) is 6.04 Å². The van der Waals surface area contributed by atoms with Crippen molar-refractivity contribution >= 4 is 17.7 Å². The molecule has 4 nitrogen and oxygen atoms in total. The number of carbonyl (C=O) groups excluding carboxylic acids is 1. The zero-order valence-electron chi connectivity index (χ0n) is 13.0. The van der Waals surface area contributed by atoms with Crippen LogP contribution in [0, 0.1) is 6.92 Å². The maximum atomic E-state index is 11.9. The number of carbonyl (C=O) groups is 1. The molecule has 1 heterocycles. The van der Waals surface area contributed by atoms with Gasteiger partial charge in [0.15, 0.2) is 0 Å². The van der Waals surface area contributed by atoms with E-state index in [4.69, 9.17) is 16.3 Å². The van der Waals surface area contributed by atoms with Crippen LogP contribution >= 0.6 is 11.6 Å². The number of rotatable bonds is 2. The third kappa shape index (κ3) is 4.35. The van der Waals surface area contributed by atoms with E-state index < -0.39 is 5.60 Å². The van der Waals surface area contributed by atoms with E-state index >= 15 is 0 Å². The molecule has 116 valence electrons. The fraction of sp³-hybridized carbons (Fsp3) is 0.562. The van der Waals surface area contributed by atoms with E-state index in [1.807, 2.05) is 45.9 Å². The minimum Gasteiger partial charge on any atom is -0.444 e. The Kier molecular flexibility index (Phi) is 4.79. The second-order valence-corrected chi connectivity index (χ2v) is 6.95. The van der Waals surface area contributed by atoms with Crippen molar-refractivity contribution in [2.45, 2.75) is 45.3 Å². The van der Waals surface area contributed by atoms with Gasteiger partial charge in [0, 0.05) is 24.0 Å². The molecule has 0 spiro atoms. The first-order chi connectivity index (χ1) is 9.76. The van der Waals surface area contributed by atoms with Crippen molar-refractivity contribution in [3.8, 4) is 0 Å². The van der Waals surface area contributed by atoms with Gasteiger partial charge in [0.25, 0.3) is 0 Å². The van der Waals surface area contributed by atoms with E-state index in [-0.39, 0.29) is 18.1 Å². The van der Waals surface area contributed by atoms with Crippen LogP contribution in [0.4, 0.5) is 4.79 Å². The Hall–Kier alpha value is -1.26. The minimum atomic E-state index is -0.493. The zero-order chi connectivity index (χ0) is 15.6. The predicted octanol–water partition coefficient (Wildman–Crippen LogP) is 3.23. The monoisotopic (exact) mass is 310 g/mol. The highest BCUT2D eigenvalue weighted by atomic mass is 35.5. The lowest BCUT2D eigenvalue weighted by molar-refractivity contribution is 0.0504. The Bertz CT molecular complexity index is 525. The highest BCUT2D eigenvalue weighted by Crippen LogP contribution is 2.30. The van der Waals surface area contributed by atoms with E-state index in [9.17, 15) is 4.79 Å². The summed E-state index contributed by atoms with van der Waals surface area (Å²) in [6, 6.07) is 6.03. The highest BCUT2D eigenvalue weighted by molar-refractivity contribution is 6.31. The topological polar surface area (TPSA) is 50.4 Å². The molecule has 2 rings (SSSR count). The first-order valence-corrected chi connectivity index (χ1v) is 7.60. The number of amides is 1. The van der Waals surface area contributed by atoms with Gasteiger partial charge >= 0.3 is 6.09 Å². The van der Waals surface area contributed by atoms with Crippen molar-refractivity contribution in [1.29, 1.82) is 0 Å². The minimum absolute atomic E-state index is 0.0138. The molecule has 1 aliphatic heterocycles. The predicted molar refractivity (Wildman–Crippen MR) is 85.0 cm³/mol. The molecule has 0 bridgehead atoms. The highest BCUT2D eigenvalue weighted by Gasteiger charge is 2.32. The summed E-state index contributed by atoms with van der Waals surface area (Å²) in [7, 11) is 0. The maximum Gasteiger partial charge on any atom is 0.407 e. The molecule has 1 aromatic carbocycles. The Morgan fingerprint density at radius 3 is 2.71 bits per heavy atom. The van der Waals surface area contributed by atoms with Crippen LogP contribution in [0.3, 0.4) is 0 Å². The van der Waals surface area contributed by atoms with E-state index in [2.05, 4.69) is 10.6 Å². The number of aryl methyl sites for hydroxylation is 1.